The molecule has 1 saturated carbocycles. The first-order chi connectivity index (χ1) is 10.1. The summed E-state index contributed by atoms with van der Waals surface area (Å²) in [5.74, 6) is 0.183. The monoisotopic (exact) mass is 308 g/mol. The van der Waals surface area contributed by atoms with E-state index in [1.807, 2.05) is 0 Å². The molecular formula is C16H24N2O2S. The number of carboxylic acid groups (broad SMARTS) is 1. The van der Waals surface area contributed by atoms with Crippen molar-refractivity contribution in [3.05, 3.63) is 10.6 Å². The van der Waals surface area contributed by atoms with Gasteiger partial charge in [0.15, 0.2) is 5.13 Å². The number of thiazole rings is 1. The average molecular weight is 308 g/mol. The second-order valence-corrected chi connectivity index (χ2v) is 7.40. The third kappa shape index (κ3) is 2.68. The van der Waals surface area contributed by atoms with Crippen LogP contribution >= 0.6 is 11.3 Å². The summed E-state index contributed by atoms with van der Waals surface area (Å²) in [6, 6.07) is 0.594. The van der Waals surface area contributed by atoms with Crippen LogP contribution in [0.25, 0.3) is 0 Å². The quantitative estimate of drug-likeness (QED) is 0.909. The zero-order valence-electron chi connectivity index (χ0n) is 12.8. The van der Waals surface area contributed by atoms with E-state index in [9.17, 15) is 9.90 Å². The standard InChI is InChI=1S/C16H24N2O2S/c1-3-10(2)13-14(15(19)20)21-16(17-13)18-9-8-11-6-4-5-7-12(11)18/h10-12H,3-9H2,1-2H3,(H,19,20). The lowest BCUT2D eigenvalue weighted by atomic mass is 9.85. The maximum atomic E-state index is 11.5. The molecule has 1 N–H and O–H groups in total. The van der Waals surface area contributed by atoms with E-state index in [1.54, 1.807) is 0 Å². The second-order valence-electron chi connectivity index (χ2n) is 6.42. The number of anilines is 1. The first kappa shape index (κ1) is 14.8. The third-order valence-electron chi connectivity index (χ3n) is 5.17. The Labute approximate surface area is 130 Å². The zero-order valence-corrected chi connectivity index (χ0v) is 13.7. The van der Waals surface area contributed by atoms with Gasteiger partial charge in [0.05, 0.1) is 5.69 Å². The predicted molar refractivity (Wildman–Crippen MR) is 85.5 cm³/mol. The molecule has 1 aromatic rings. The SMILES string of the molecule is CCC(C)c1nc(N2CCC3CCCCC32)sc1C(=O)O. The molecule has 2 heterocycles. The summed E-state index contributed by atoms with van der Waals surface area (Å²) in [7, 11) is 0. The van der Waals surface area contributed by atoms with E-state index < -0.39 is 5.97 Å². The largest absolute Gasteiger partial charge is 0.477 e. The minimum atomic E-state index is -0.826. The van der Waals surface area contributed by atoms with E-state index in [0.717, 1.165) is 29.7 Å². The summed E-state index contributed by atoms with van der Waals surface area (Å²) in [5, 5.41) is 10.4. The molecule has 0 bridgehead atoms. The topological polar surface area (TPSA) is 53.4 Å². The fraction of sp³-hybridized carbons (Fsp3) is 0.750. The third-order valence-corrected chi connectivity index (χ3v) is 6.27. The molecule has 5 heteroatoms. The fourth-order valence-electron chi connectivity index (χ4n) is 3.77. The van der Waals surface area contributed by atoms with Crippen molar-refractivity contribution < 1.29 is 9.90 Å². The lowest BCUT2D eigenvalue weighted by Gasteiger charge is -2.31. The first-order valence-electron chi connectivity index (χ1n) is 8.12. The van der Waals surface area contributed by atoms with Gasteiger partial charge in [-0.15, -0.1) is 0 Å². The summed E-state index contributed by atoms with van der Waals surface area (Å²) >= 11 is 1.38. The van der Waals surface area contributed by atoms with Crippen molar-refractivity contribution in [1.29, 1.82) is 0 Å². The summed E-state index contributed by atoms with van der Waals surface area (Å²) in [5.41, 5.74) is 0.782. The molecule has 4 nitrogen and oxygen atoms in total. The van der Waals surface area contributed by atoms with Crippen LogP contribution in [0.3, 0.4) is 0 Å². The summed E-state index contributed by atoms with van der Waals surface area (Å²) < 4.78 is 0. The number of hydrogen-bond acceptors (Lipinski definition) is 4. The molecule has 1 aromatic heterocycles. The second kappa shape index (κ2) is 5.95. The van der Waals surface area contributed by atoms with Crippen LogP contribution in [0.4, 0.5) is 5.13 Å². The number of nitrogens with zero attached hydrogens (tertiary/aromatic N) is 2. The van der Waals surface area contributed by atoms with Gasteiger partial charge < -0.3 is 10.0 Å². The van der Waals surface area contributed by atoms with E-state index in [4.69, 9.17) is 4.98 Å². The van der Waals surface area contributed by atoms with Gasteiger partial charge in [-0.1, -0.05) is 38.0 Å². The lowest BCUT2D eigenvalue weighted by Crippen LogP contribution is -2.34. The van der Waals surface area contributed by atoms with Crippen LogP contribution in [0, 0.1) is 5.92 Å². The highest BCUT2D eigenvalue weighted by Crippen LogP contribution is 2.41. The minimum absolute atomic E-state index is 0.214. The van der Waals surface area contributed by atoms with Crippen molar-refractivity contribution in [2.45, 2.75) is 64.3 Å². The Morgan fingerprint density at radius 1 is 1.43 bits per heavy atom. The van der Waals surface area contributed by atoms with Gasteiger partial charge >= 0.3 is 5.97 Å². The molecule has 1 aliphatic carbocycles. The summed E-state index contributed by atoms with van der Waals surface area (Å²) in [6.45, 7) is 5.20. The number of hydrogen-bond donors (Lipinski definition) is 1. The van der Waals surface area contributed by atoms with Gasteiger partial charge in [0.1, 0.15) is 4.88 Å². The molecule has 2 aliphatic rings. The number of aromatic carboxylic acids is 1. The maximum absolute atomic E-state index is 11.5. The van der Waals surface area contributed by atoms with E-state index >= 15 is 0 Å². The zero-order chi connectivity index (χ0) is 15.0. The highest BCUT2D eigenvalue weighted by molar-refractivity contribution is 7.17. The van der Waals surface area contributed by atoms with Crippen LogP contribution in [-0.2, 0) is 0 Å². The van der Waals surface area contributed by atoms with Crippen molar-refractivity contribution in [3.63, 3.8) is 0 Å². The van der Waals surface area contributed by atoms with E-state index in [2.05, 4.69) is 18.7 Å². The molecule has 1 aliphatic heterocycles. The van der Waals surface area contributed by atoms with Gasteiger partial charge in [-0.2, -0.15) is 0 Å². The lowest BCUT2D eigenvalue weighted by molar-refractivity contribution is 0.0700. The van der Waals surface area contributed by atoms with Crippen LogP contribution in [0.1, 0.15) is 73.7 Å². The van der Waals surface area contributed by atoms with Crippen molar-refractivity contribution in [2.75, 3.05) is 11.4 Å². The molecule has 0 spiro atoms. The first-order valence-corrected chi connectivity index (χ1v) is 8.94. The summed E-state index contributed by atoms with van der Waals surface area (Å²) in [6.07, 6.45) is 7.39. The molecular weight excluding hydrogens is 284 g/mol. The Kier molecular flexibility index (Phi) is 4.20. The molecule has 0 amide bonds. The molecule has 2 fully saturated rings. The molecule has 0 radical (unpaired) electrons. The van der Waals surface area contributed by atoms with E-state index in [-0.39, 0.29) is 5.92 Å². The van der Waals surface area contributed by atoms with Gasteiger partial charge in [-0.05, 0) is 37.5 Å². The van der Waals surface area contributed by atoms with Gasteiger partial charge in [0.25, 0.3) is 0 Å². The van der Waals surface area contributed by atoms with Crippen molar-refractivity contribution in [2.24, 2.45) is 5.92 Å². The summed E-state index contributed by atoms with van der Waals surface area (Å²) in [4.78, 5) is 19.1. The van der Waals surface area contributed by atoms with E-state index in [0.29, 0.717) is 10.9 Å². The Balaban J connectivity index is 1.90. The normalized spacial score (nSPS) is 26.7. The van der Waals surface area contributed by atoms with Crippen molar-refractivity contribution in [3.8, 4) is 0 Å². The van der Waals surface area contributed by atoms with Crippen molar-refractivity contribution >= 4 is 22.4 Å². The fourth-order valence-corrected chi connectivity index (χ4v) is 4.88. The van der Waals surface area contributed by atoms with Gasteiger partial charge in [-0.3, -0.25) is 0 Å². The molecule has 3 rings (SSSR count). The molecule has 3 atom stereocenters. The Morgan fingerprint density at radius 2 is 2.19 bits per heavy atom. The van der Waals surface area contributed by atoms with E-state index in [1.165, 1.54) is 43.4 Å². The van der Waals surface area contributed by atoms with Crippen LogP contribution in [0.5, 0.6) is 0 Å². The molecule has 21 heavy (non-hydrogen) atoms. The highest BCUT2D eigenvalue weighted by atomic mass is 32.1. The van der Waals surface area contributed by atoms with Gasteiger partial charge in [-0.25, -0.2) is 9.78 Å². The van der Waals surface area contributed by atoms with Gasteiger partial charge in [0, 0.05) is 12.6 Å². The highest BCUT2D eigenvalue weighted by Gasteiger charge is 2.37. The predicted octanol–water partition coefficient (Wildman–Crippen LogP) is 4.12. The molecule has 3 unspecified atom stereocenters. The van der Waals surface area contributed by atoms with Gasteiger partial charge in [0.2, 0.25) is 0 Å². The maximum Gasteiger partial charge on any atom is 0.347 e. The van der Waals surface area contributed by atoms with Crippen molar-refractivity contribution in [1.82, 2.24) is 4.98 Å². The molecule has 116 valence electrons. The molecule has 0 aromatic carbocycles. The number of carbonyl (C=O) groups is 1. The average Bonchev–Trinajstić information content (AvgIpc) is 3.10. The van der Waals surface area contributed by atoms with Crippen LogP contribution in [-0.4, -0.2) is 28.6 Å². The Hall–Kier alpha value is -1.10. The van der Waals surface area contributed by atoms with Crippen LogP contribution in [0.15, 0.2) is 0 Å². The number of rotatable bonds is 4. The Morgan fingerprint density at radius 3 is 2.90 bits per heavy atom. The van der Waals surface area contributed by atoms with Crippen LogP contribution < -0.4 is 4.90 Å². The smallest absolute Gasteiger partial charge is 0.347 e. The number of fused-ring (bicyclic) bond motifs is 1. The number of carboxylic acids is 1. The Bertz CT molecular complexity index is 528. The minimum Gasteiger partial charge on any atom is -0.477 e. The van der Waals surface area contributed by atoms with Crippen LogP contribution in [0.2, 0.25) is 0 Å². The number of aromatic nitrogens is 1. The molecule has 1 saturated heterocycles.